The molecule has 76 valence electrons. The van der Waals surface area contributed by atoms with Crippen molar-refractivity contribution in [1.29, 1.82) is 0 Å². The normalized spacial score (nSPS) is 26.4. The van der Waals surface area contributed by atoms with Crippen molar-refractivity contribution >= 4 is 11.8 Å². The van der Waals surface area contributed by atoms with Crippen molar-refractivity contribution in [1.82, 2.24) is 14.8 Å². The van der Waals surface area contributed by atoms with Gasteiger partial charge in [-0.2, -0.15) is 11.8 Å². The number of hydrogen-bond donors (Lipinski definition) is 0. The minimum absolute atomic E-state index is 0.634. The largest absolute Gasteiger partial charge is 0.314 e. The van der Waals surface area contributed by atoms with Gasteiger partial charge < -0.3 is 4.57 Å². The van der Waals surface area contributed by atoms with E-state index in [1.165, 1.54) is 43.1 Å². The van der Waals surface area contributed by atoms with Gasteiger partial charge in [0.15, 0.2) is 0 Å². The summed E-state index contributed by atoms with van der Waals surface area (Å²) >= 11 is 2.05. The van der Waals surface area contributed by atoms with Gasteiger partial charge >= 0.3 is 0 Å². The summed E-state index contributed by atoms with van der Waals surface area (Å²) < 4.78 is 2.37. The van der Waals surface area contributed by atoms with E-state index in [0.29, 0.717) is 5.25 Å². The second-order valence-electron chi connectivity index (χ2n) is 4.08. The summed E-state index contributed by atoms with van der Waals surface area (Å²) in [6.07, 6.45) is 6.36. The summed E-state index contributed by atoms with van der Waals surface area (Å²) in [5.41, 5.74) is 0. The maximum Gasteiger partial charge on any atom is 0.146 e. The van der Waals surface area contributed by atoms with Gasteiger partial charge in [0.2, 0.25) is 0 Å². The van der Waals surface area contributed by atoms with Crippen molar-refractivity contribution in [2.45, 2.75) is 43.9 Å². The lowest BCUT2D eigenvalue weighted by molar-refractivity contribution is 0.504. The molecule has 14 heavy (non-hydrogen) atoms. The van der Waals surface area contributed by atoms with Gasteiger partial charge in [-0.15, -0.1) is 10.2 Å². The predicted octanol–water partition coefficient (Wildman–Crippen LogP) is 2.18. The Morgan fingerprint density at radius 1 is 1.21 bits per heavy atom. The van der Waals surface area contributed by atoms with Gasteiger partial charge in [-0.25, -0.2) is 0 Å². The molecule has 1 saturated heterocycles. The van der Waals surface area contributed by atoms with Crippen molar-refractivity contribution in [3.05, 3.63) is 11.6 Å². The molecule has 0 aromatic carbocycles. The molecule has 0 spiro atoms. The Morgan fingerprint density at radius 3 is 3.07 bits per heavy atom. The molecule has 1 aromatic heterocycles. The molecule has 1 fully saturated rings. The van der Waals surface area contributed by atoms with E-state index >= 15 is 0 Å². The van der Waals surface area contributed by atoms with Crippen LogP contribution in [0.5, 0.6) is 0 Å². The highest BCUT2D eigenvalue weighted by atomic mass is 32.2. The first kappa shape index (κ1) is 8.77. The molecule has 0 saturated carbocycles. The number of fused-ring (bicyclic) bond motifs is 1. The minimum Gasteiger partial charge on any atom is -0.314 e. The molecule has 1 aromatic rings. The first-order valence-corrected chi connectivity index (χ1v) is 6.53. The van der Waals surface area contributed by atoms with Gasteiger partial charge in [0.05, 0.1) is 5.25 Å². The first-order valence-electron chi connectivity index (χ1n) is 5.49. The summed E-state index contributed by atoms with van der Waals surface area (Å²) in [5.74, 6) is 3.77. The standard InChI is InChI=1S/C10H15N3S/c1-2-6-13-9(5-1)11-12-10(13)8-4-3-7-14-8/h8H,1-7H2. The lowest BCUT2D eigenvalue weighted by Crippen LogP contribution is -2.14. The second kappa shape index (κ2) is 3.57. The molecule has 0 amide bonds. The van der Waals surface area contributed by atoms with Crippen LogP contribution in [0.1, 0.15) is 42.6 Å². The Morgan fingerprint density at radius 2 is 2.21 bits per heavy atom. The van der Waals surface area contributed by atoms with Crippen LogP contribution in [0.15, 0.2) is 0 Å². The fourth-order valence-corrected chi connectivity index (χ4v) is 3.62. The lowest BCUT2D eigenvalue weighted by atomic mass is 10.1. The molecular weight excluding hydrogens is 194 g/mol. The van der Waals surface area contributed by atoms with Crippen LogP contribution in [0.3, 0.4) is 0 Å². The Hall–Kier alpha value is -0.510. The third-order valence-electron chi connectivity index (χ3n) is 3.11. The van der Waals surface area contributed by atoms with Crippen molar-refractivity contribution in [3.63, 3.8) is 0 Å². The van der Waals surface area contributed by atoms with Crippen molar-refractivity contribution in [3.8, 4) is 0 Å². The highest BCUT2D eigenvalue weighted by Gasteiger charge is 2.25. The van der Waals surface area contributed by atoms with E-state index in [4.69, 9.17) is 0 Å². The van der Waals surface area contributed by atoms with E-state index in [1.54, 1.807) is 0 Å². The van der Waals surface area contributed by atoms with Crippen LogP contribution in [0, 0.1) is 0 Å². The number of aryl methyl sites for hydroxylation is 1. The third-order valence-corrected chi connectivity index (χ3v) is 4.48. The van der Waals surface area contributed by atoms with Crippen LogP contribution < -0.4 is 0 Å². The van der Waals surface area contributed by atoms with Crippen LogP contribution in [0.4, 0.5) is 0 Å². The average molecular weight is 209 g/mol. The fraction of sp³-hybridized carbons (Fsp3) is 0.800. The maximum atomic E-state index is 4.37. The highest BCUT2D eigenvalue weighted by molar-refractivity contribution is 7.99. The van der Waals surface area contributed by atoms with E-state index in [2.05, 4.69) is 14.8 Å². The summed E-state index contributed by atoms with van der Waals surface area (Å²) in [7, 11) is 0. The predicted molar refractivity (Wildman–Crippen MR) is 57.4 cm³/mol. The summed E-state index contributed by atoms with van der Waals surface area (Å²) in [4.78, 5) is 0. The van der Waals surface area contributed by atoms with Crippen LogP contribution in [-0.4, -0.2) is 20.5 Å². The molecule has 1 atom stereocenters. The van der Waals surface area contributed by atoms with E-state index in [1.807, 2.05) is 11.8 Å². The molecule has 3 heterocycles. The molecule has 2 aliphatic heterocycles. The SMILES string of the molecule is C1CCn2c(nnc2C2CCCS2)C1. The van der Waals surface area contributed by atoms with E-state index in [9.17, 15) is 0 Å². The van der Waals surface area contributed by atoms with E-state index < -0.39 is 0 Å². The number of aromatic nitrogens is 3. The fourth-order valence-electron chi connectivity index (χ4n) is 2.35. The van der Waals surface area contributed by atoms with Gasteiger partial charge in [-0.3, -0.25) is 0 Å². The Bertz CT molecular complexity index is 328. The number of hydrogen-bond acceptors (Lipinski definition) is 3. The maximum absolute atomic E-state index is 4.37. The van der Waals surface area contributed by atoms with Crippen LogP contribution in [-0.2, 0) is 13.0 Å². The molecular formula is C10H15N3S. The molecule has 3 rings (SSSR count). The van der Waals surface area contributed by atoms with Gasteiger partial charge in [0.25, 0.3) is 0 Å². The number of nitrogens with zero attached hydrogens (tertiary/aromatic N) is 3. The molecule has 1 unspecified atom stereocenters. The van der Waals surface area contributed by atoms with Gasteiger partial charge in [0.1, 0.15) is 11.6 Å². The Kier molecular flexibility index (Phi) is 2.24. The topological polar surface area (TPSA) is 30.7 Å². The van der Waals surface area contributed by atoms with Crippen molar-refractivity contribution in [2.75, 3.05) is 5.75 Å². The monoisotopic (exact) mass is 209 g/mol. The van der Waals surface area contributed by atoms with Crippen LogP contribution in [0.25, 0.3) is 0 Å². The van der Waals surface area contributed by atoms with Crippen LogP contribution >= 0.6 is 11.8 Å². The summed E-state index contributed by atoms with van der Waals surface area (Å²) in [6, 6.07) is 0. The zero-order valence-electron chi connectivity index (χ0n) is 8.28. The van der Waals surface area contributed by atoms with Gasteiger partial charge in [-0.05, 0) is 31.4 Å². The summed E-state index contributed by atoms with van der Waals surface area (Å²) in [5, 5.41) is 9.31. The molecule has 0 N–H and O–H groups in total. The Balaban J connectivity index is 1.93. The molecule has 0 bridgehead atoms. The average Bonchev–Trinajstić information content (AvgIpc) is 2.85. The van der Waals surface area contributed by atoms with Crippen molar-refractivity contribution in [2.24, 2.45) is 0 Å². The van der Waals surface area contributed by atoms with E-state index in [0.717, 1.165) is 13.0 Å². The zero-order valence-corrected chi connectivity index (χ0v) is 9.09. The van der Waals surface area contributed by atoms with Gasteiger partial charge in [-0.1, -0.05) is 0 Å². The minimum atomic E-state index is 0.634. The molecule has 4 heteroatoms. The third kappa shape index (κ3) is 1.36. The van der Waals surface area contributed by atoms with Crippen molar-refractivity contribution < 1.29 is 0 Å². The second-order valence-corrected chi connectivity index (χ2v) is 5.40. The van der Waals surface area contributed by atoms with Crippen LogP contribution in [0.2, 0.25) is 0 Å². The Labute approximate surface area is 88.3 Å². The smallest absolute Gasteiger partial charge is 0.146 e. The first-order chi connectivity index (χ1) is 6.95. The molecule has 2 aliphatic rings. The lowest BCUT2D eigenvalue weighted by Gasteiger charge is -2.16. The van der Waals surface area contributed by atoms with E-state index in [-0.39, 0.29) is 0 Å². The molecule has 0 radical (unpaired) electrons. The molecule has 0 aliphatic carbocycles. The molecule has 3 nitrogen and oxygen atoms in total. The summed E-state index contributed by atoms with van der Waals surface area (Å²) in [6.45, 7) is 1.15. The zero-order chi connectivity index (χ0) is 9.38. The highest BCUT2D eigenvalue weighted by Crippen LogP contribution is 2.39. The quantitative estimate of drug-likeness (QED) is 0.710. The number of rotatable bonds is 1. The number of thioether (sulfide) groups is 1. The van der Waals surface area contributed by atoms with Gasteiger partial charge in [0, 0.05) is 13.0 Å².